The quantitative estimate of drug-likeness (QED) is 0.257. The number of benzene rings is 1. The fraction of sp³-hybridized carbons (Fsp3) is 0.333. The van der Waals surface area contributed by atoms with Crippen molar-refractivity contribution in [2.45, 2.75) is 12.8 Å². The highest BCUT2D eigenvalue weighted by atomic mass is 127. The fourth-order valence-corrected chi connectivity index (χ4v) is 2.65. The first-order valence-corrected chi connectivity index (χ1v) is 8.75. The van der Waals surface area contributed by atoms with Crippen molar-refractivity contribution in [1.82, 2.24) is 15.6 Å². The molecule has 8 heteroatoms. The summed E-state index contributed by atoms with van der Waals surface area (Å²) < 4.78 is 5.16. The SMILES string of the molecule is CN=C(NCCc1ccc(Cl)nc1)NCCc1ccc(OC)cc1Cl.I. The standard InChI is InChI=1S/C18H22Cl2N4O.HI/c1-21-18(22-9-7-13-3-6-17(20)24-12-13)23-10-8-14-4-5-15(25-2)11-16(14)19;/h3-6,11-12H,7-10H2,1-2H3,(H2,21,22,23);1H. The zero-order chi connectivity index (χ0) is 18.1. The van der Waals surface area contributed by atoms with Gasteiger partial charge in [-0.15, -0.1) is 24.0 Å². The number of guanidine groups is 1. The molecule has 0 saturated heterocycles. The molecule has 2 aromatic rings. The van der Waals surface area contributed by atoms with E-state index in [0.717, 1.165) is 48.8 Å². The number of nitrogens with one attached hydrogen (secondary N) is 2. The van der Waals surface area contributed by atoms with Crippen molar-refractivity contribution < 1.29 is 4.74 Å². The van der Waals surface area contributed by atoms with E-state index in [4.69, 9.17) is 27.9 Å². The second-order valence-electron chi connectivity index (χ2n) is 5.37. The van der Waals surface area contributed by atoms with Crippen LogP contribution in [0.5, 0.6) is 5.75 Å². The van der Waals surface area contributed by atoms with E-state index in [1.807, 2.05) is 24.3 Å². The van der Waals surface area contributed by atoms with Gasteiger partial charge in [-0.3, -0.25) is 4.99 Å². The first kappa shape index (κ1) is 22.8. The third kappa shape index (κ3) is 7.55. The Hall–Kier alpha value is -1.25. The molecule has 1 aromatic heterocycles. The van der Waals surface area contributed by atoms with Crippen molar-refractivity contribution in [3.05, 3.63) is 57.8 Å². The molecule has 0 amide bonds. The summed E-state index contributed by atoms with van der Waals surface area (Å²) in [5.74, 6) is 1.52. The summed E-state index contributed by atoms with van der Waals surface area (Å²) in [6.45, 7) is 1.49. The van der Waals surface area contributed by atoms with Crippen LogP contribution in [0, 0.1) is 0 Å². The Balaban J connectivity index is 0.00000338. The maximum atomic E-state index is 6.25. The van der Waals surface area contributed by atoms with Crippen molar-refractivity contribution in [2.24, 2.45) is 4.99 Å². The van der Waals surface area contributed by atoms with Gasteiger partial charge in [0.05, 0.1) is 7.11 Å². The fourth-order valence-electron chi connectivity index (χ4n) is 2.27. The summed E-state index contributed by atoms with van der Waals surface area (Å²) in [5, 5.41) is 7.77. The Kier molecular flexibility index (Phi) is 10.7. The summed E-state index contributed by atoms with van der Waals surface area (Å²) in [4.78, 5) is 8.29. The van der Waals surface area contributed by atoms with Crippen LogP contribution in [-0.2, 0) is 12.8 Å². The van der Waals surface area contributed by atoms with Gasteiger partial charge >= 0.3 is 0 Å². The van der Waals surface area contributed by atoms with Gasteiger partial charge in [0.25, 0.3) is 0 Å². The van der Waals surface area contributed by atoms with Crippen molar-refractivity contribution >= 4 is 53.1 Å². The molecule has 1 aromatic carbocycles. The van der Waals surface area contributed by atoms with E-state index in [2.05, 4.69) is 20.6 Å². The maximum Gasteiger partial charge on any atom is 0.190 e. The smallest absolute Gasteiger partial charge is 0.190 e. The molecular weight excluding hydrogens is 486 g/mol. The number of ether oxygens (including phenoxy) is 1. The van der Waals surface area contributed by atoms with Crippen LogP contribution in [0.1, 0.15) is 11.1 Å². The van der Waals surface area contributed by atoms with Gasteiger partial charge in [0.2, 0.25) is 0 Å². The highest BCUT2D eigenvalue weighted by molar-refractivity contribution is 14.0. The van der Waals surface area contributed by atoms with Crippen LogP contribution in [0.2, 0.25) is 10.2 Å². The molecule has 0 atom stereocenters. The first-order chi connectivity index (χ1) is 12.1. The molecule has 5 nitrogen and oxygen atoms in total. The molecule has 0 saturated carbocycles. The number of nitrogens with zero attached hydrogens (tertiary/aromatic N) is 2. The number of halogens is 3. The number of hydrogen-bond donors (Lipinski definition) is 2. The molecule has 0 fully saturated rings. The van der Waals surface area contributed by atoms with Crippen LogP contribution < -0.4 is 15.4 Å². The normalized spacial score (nSPS) is 10.8. The zero-order valence-electron chi connectivity index (χ0n) is 14.8. The minimum Gasteiger partial charge on any atom is -0.497 e. The first-order valence-electron chi connectivity index (χ1n) is 7.99. The number of aliphatic imine (C=N–C) groups is 1. The van der Waals surface area contributed by atoms with Gasteiger partial charge in [-0.05, 0) is 42.2 Å². The van der Waals surface area contributed by atoms with Crippen molar-refractivity contribution in [2.75, 3.05) is 27.2 Å². The molecule has 0 unspecified atom stereocenters. The van der Waals surface area contributed by atoms with E-state index >= 15 is 0 Å². The number of hydrogen-bond acceptors (Lipinski definition) is 3. The second kappa shape index (κ2) is 12.2. The molecule has 142 valence electrons. The van der Waals surface area contributed by atoms with Gasteiger partial charge in [0.15, 0.2) is 5.96 Å². The van der Waals surface area contributed by atoms with Crippen LogP contribution in [-0.4, -0.2) is 38.2 Å². The summed E-state index contributed by atoms with van der Waals surface area (Å²) in [6, 6.07) is 9.48. The van der Waals surface area contributed by atoms with Gasteiger partial charge in [-0.1, -0.05) is 35.3 Å². The number of pyridine rings is 1. The molecule has 2 rings (SSSR count). The van der Waals surface area contributed by atoms with Gasteiger partial charge in [0.1, 0.15) is 10.9 Å². The molecular formula is C18H23Cl2IN4O. The second-order valence-corrected chi connectivity index (χ2v) is 6.17. The van der Waals surface area contributed by atoms with E-state index in [1.165, 1.54) is 0 Å². The van der Waals surface area contributed by atoms with E-state index in [-0.39, 0.29) is 24.0 Å². The van der Waals surface area contributed by atoms with Gasteiger partial charge in [-0.25, -0.2) is 4.98 Å². The van der Waals surface area contributed by atoms with Gasteiger partial charge < -0.3 is 15.4 Å². The van der Waals surface area contributed by atoms with Crippen molar-refractivity contribution in [3.8, 4) is 5.75 Å². The third-order valence-corrected chi connectivity index (χ3v) is 4.24. The van der Waals surface area contributed by atoms with E-state index in [0.29, 0.717) is 10.2 Å². The maximum absolute atomic E-state index is 6.25. The minimum atomic E-state index is 0. The molecule has 26 heavy (non-hydrogen) atoms. The Bertz CT molecular complexity index is 711. The zero-order valence-corrected chi connectivity index (χ0v) is 18.6. The summed E-state index contributed by atoms with van der Waals surface area (Å²) in [6.07, 6.45) is 3.42. The summed E-state index contributed by atoms with van der Waals surface area (Å²) >= 11 is 12.0. The lowest BCUT2D eigenvalue weighted by molar-refractivity contribution is 0.414. The molecule has 0 bridgehead atoms. The average Bonchev–Trinajstić information content (AvgIpc) is 2.63. The van der Waals surface area contributed by atoms with Crippen LogP contribution in [0.15, 0.2) is 41.5 Å². The molecule has 2 N–H and O–H groups in total. The Morgan fingerprint density at radius 3 is 2.42 bits per heavy atom. The van der Waals surface area contributed by atoms with Crippen LogP contribution >= 0.6 is 47.2 Å². The molecule has 0 spiro atoms. The molecule has 0 radical (unpaired) electrons. The topological polar surface area (TPSA) is 58.5 Å². The summed E-state index contributed by atoms with van der Waals surface area (Å²) in [5.41, 5.74) is 2.19. The highest BCUT2D eigenvalue weighted by Gasteiger charge is 2.03. The molecule has 0 aliphatic rings. The largest absolute Gasteiger partial charge is 0.497 e. The third-order valence-electron chi connectivity index (χ3n) is 3.67. The molecule has 0 aliphatic carbocycles. The van der Waals surface area contributed by atoms with E-state index < -0.39 is 0 Å². The number of aromatic nitrogens is 1. The minimum absolute atomic E-state index is 0. The summed E-state index contributed by atoms with van der Waals surface area (Å²) in [7, 11) is 3.38. The van der Waals surface area contributed by atoms with Gasteiger partial charge in [0, 0.05) is 31.4 Å². The van der Waals surface area contributed by atoms with Crippen molar-refractivity contribution in [1.29, 1.82) is 0 Å². The molecule has 0 aliphatic heterocycles. The number of methoxy groups -OCH3 is 1. The monoisotopic (exact) mass is 508 g/mol. The van der Waals surface area contributed by atoms with Crippen LogP contribution in [0.4, 0.5) is 0 Å². The highest BCUT2D eigenvalue weighted by Crippen LogP contribution is 2.22. The number of rotatable bonds is 7. The van der Waals surface area contributed by atoms with E-state index in [1.54, 1.807) is 26.4 Å². The Morgan fingerprint density at radius 1 is 1.12 bits per heavy atom. The van der Waals surface area contributed by atoms with Gasteiger partial charge in [-0.2, -0.15) is 0 Å². The van der Waals surface area contributed by atoms with Crippen LogP contribution in [0.25, 0.3) is 0 Å². The van der Waals surface area contributed by atoms with Crippen molar-refractivity contribution in [3.63, 3.8) is 0 Å². The van der Waals surface area contributed by atoms with E-state index in [9.17, 15) is 0 Å². The lowest BCUT2D eigenvalue weighted by Gasteiger charge is -2.12. The Morgan fingerprint density at radius 2 is 1.85 bits per heavy atom. The lowest BCUT2D eigenvalue weighted by atomic mass is 10.1. The average molecular weight is 509 g/mol. The Labute approximate surface area is 181 Å². The predicted octanol–water partition coefficient (Wildman–Crippen LogP) is 3.97. The lowest BCUT2D eigenvalue weighted by Crippen LogP contribution is -2.39. The van der Waals surface area contributed by atoms with Crippen LogP contribution in [0.3, 0.4) is 0 Å². The predicted molar refractivity (Wildman–Crippen MR) is 119 cm³/mol. The molecule has 1 heterocycles.